The third kappa shape index (κ3) is 9.45. The molecular formula is C46H50ClFN4O3. The van der Waals surface area contributed by atoms with Crippen LogP contribution in [0.4, 0.5) is 4.39 Å². The molecule has 0 bridgehead atoms. The predicted molar refractivity (Wildman–Crippen MR) is 214 cm³/mol. The van der Waals surface area contributed by atoms with Crippen molar-refractivity contribution in [3.63, 3.8) is 0 Å². The van der Waals surface area contributed by atoms with Gasteiger partial charge in [0, 0.05) is 43.9 Å². The number of hydrogen-bond donors (Lipinski definition) is 1. The highest BCUT2D eigenvalue weighted by atomic mass is 35.5. The van der Waals surface area contributed by atoms with Gasteiger partial charge < -0.3 is 24.4 Å². The van der Waals surface area contributed by atoms with Gasteiger partial charge in [0.15, 0.2) is 0 Å². The van der Waals surface area contributed by atoms with Gasteiger partial charge in [-0.25, -0.2) is 4.39 Å². The van der Waals surface area contributed by atoms with Crippen LogP contribution in [0.25, 0.3) is 11.1 Å². The summed E-state index contributed by atoms with van der Waals surface area (Å²) in [6.45, 7) is 7.78. The van der Waals surface area contributed by atoms with Crippen LogP contribution >= 0.6 is 11.6 Å². The first-order valence-corrected chi connectivity index (χ1v) is 20.1. The third-order valence-corrected chi connectivity index (χ3v) is 11.8. The number of nitrogens with one attached hydrogen (secondary N) is 1. The Morgan fingerprint density at radius 1 is 0.891 bits per heavy atom. The summed E-state index contributed by atoms with van der Waals surface area (Å²) in [6.07, 6.45) is 8.38. The van der Waals surface area contributed by atoms with Gasteiger partial charge in [0.25, 0.3) is 0 Å². The number of benzene rings is 4. The van der Waals surface area contributed by atoms with E-state index >= 15 is 0 Å². The van der Waals surface area contributed by atoms with E-state index in [1.165, 1.54) is 24.0 Å². The van der Waals surface area contributed by atoms with Gasteiger partial charge in [-0.2, -0.15) is 10.5 Å². The molecule has 0 radical (unpaired) electrons. The maximum Gasteiger partial charge on any atom is 0.142 e. The summed E-state index contributed by atoms with van der Waals surface area (Å²) in [5.74, 6) is 2.10. The zero-order chi connectivity index (χ0) is 38.4. The van der Waals surface area contributed by atoms with Crippen molar-refractivity contribution >= 4 is 11.6 Å². The fourth-order valence-electron chi connectivity index (χ4n) is 8.31. The fraction of sp³-hybridized carbons (Fsp3) is 0.435. The van der Waals surface area contributed by atoms with Crippen LogP contribution in [0, 0.1) is 29.6 Å². The summed E-state index contributed by atoms with van der Waals surface area (Å²) in [5, 5.41) is 23.2. The lowest BCUT2D eigenvalue weighted by Crippen LogP contribution is -2.40. The molecule has 1 saturated carbocycles. The summed E-state index contributed by atoms with van der Waals surface area (Å²) in [6, 6.07) is 26.4. The molecular weight excluding hydrogens is 711 g/mol. The van der Waals surface area contributed by atoms with E-state index in [1.54, 1.807) is 25.1 Å². The van der Waals surface area contributed by atoms with Gasteiger partial charge in [-0.15, -0.1) is 0 Å². The molecule has 1 saturated heterocycles. The lowest BCUT2D eigenvalue weighted by molar-refractivity contribution is 0.0715. The molecule has 2 fully saturated rings. The fourth-order valence-corrected chi connectivity index (χ4v) is 8.54. The molecule has 7 nitrogen and oxygen atoms in total. The van der Waals surface area contributed by atoms with Crippen molar-refractivity contribution < 1.29 is 18.6 Å². The highest BCUT2D eigenvalue weighted by molar-refractivity contribution is 6.32. The van der Waals surface area contributed by atoms with E-state index in [4.69, 9.17) is 25.8 Å². The van der Waals surface area contributed by atoms with Gasteiger partial charge in [-0.3, -0.25) is 0 Å². The summed E-state index contributed by atoms with van der Waals surface area (Å²) >= 11 is 6.96. The van der Waals surface area contributed by atoms with Gasteiger partial charge in [0.1, 0.15) is 35.6 Å². The summed E-state index contributed by atoms with van der Waals surface area (Å²) in [5.41, 5.74) is 7.37. The second-order valence-corrected chi connectivity index (χ2v) is 16.0. The summed E-state index contributed by atoms with van der Waals surface area (Å²) in [4.78, 5) is 2.34. The van der Waals surface area contributed by atoms with Crippen LogP contribution in [0.2, 0.25) is 5.02 Å². The van der Waals surface area contributed by atoms with Crippen molar-refractivity contribution in [2.75, 3.05) is 26.2 Å². The van der Waals surface area contributed by atoms with Crippen LogP contribution in [-0.2, 0) is 19.6 Å². The molecule has 4 aromatic rings. The average Bonchev–Trinajstić information content (AvgIpc) is 3.87. The van der Waals surface area contributed by atoms with Crippen LogP contribution in [-0.4, -0.2) is 42.9 Å². The minimum absolute atomic E-state index is 0.182. The Morgan fingerprint density at radius 3 is 2.36 bits per heavy atom. The standard InChI is InChI=1S/C46H50ClFN4O3/c1-31-37(10-6-13-42(31)53-21-7-18-52-19-16-46(2,48)17-20-52)38-11-5-12-40-39(38)14-15-43(40)55-45-26-44(35(25-41(45)47)29-51-36-8-3-4-9-36)54-30-34-23-32(27-49)22-33(24-34)28-50/h5-6,10-13,22-26,36,43,51H,3-4,7-9,14-21,29-30H2,1-2H3/t43-/m0/s1. The van der Waals surface area contributed by atoms with Crippen molar-refractivity contribution in [2.24, 2.45) is 0 Å². The van der Waals surface area contributed by atoms with E-state index in [0.29, 0.717) is 59.7 Å². The number of fused-ring (bicyclic) bond motifs is 1. The number of nitrogens with zero attached hydrogens (tertiary/aromatic N) is 3. The minimum atomic E-state index is -1.03. The minimum Gasteiger partial charge on any atom is -0.493 e. The van der Waals surface area contributed by atoms with Crippen LogP contribution in [0.5, 0.6) is 17.2 Å². The predicted octanol–water partition coefficient (Wildman–Crippen LogP) is 10.3. The molecule has 55 heavy (non-hydrogen) atoms. The maximum atomic E-state index is 14.2. The second-order valence-electron chi connectivity index (χ2n) is 15.6. The Hall–Kier alpha value is -4.60. The molecule has 7 rings (SSSR count). The molecule has 1 heterocycles. The summed E-state index contributed by atoms with van der Waals surface area (Å²) in [7, 11) is 0. The van der Waals surface area contributed by atoms with E-state index < -0.39 is 5.67 Å². The van der Waals surface area contributed by atoms with E-state index in [9.17, 15) is 14.9 Å². The number of hydrogen-bond acceptors (Lipinski definition) is 7. The Bertz CT molecular complexity index is 2040. The monoisotopic (exact) mass is 760 g/mol. The molecule has 1 N–H and O–H groups in total. The van der Waals surface area contributed by atoms with E-state index in [2.05, 4.69) is 59.6 Å². The number of nitriles is 2. The maximum absolute atomic E-state index is 14.2. The quantitative estimate of drug-likeness (QED) is 0.128. The molecule has 9 heteroatoms. The van der Waals surface area contributed by atoms with Crippen LogP contribution < -0.4 is 19.5 Å². The van der Waals surface area contributed by atoms with Crippen molar-refractivity contribution in [1.82, 2.24) is 10.2 Å². The van der Waals surface area contributed by atoms with E-state index in [-0.39, 0.29) is 12.7 Å². The third-order valence-electron chi connectivity index (χ3n) is 11.5. The smallest absolute Gasteiger partial charge is 0.142 e. The van der Waals surface area contributed by atoms with E-state index in [1.807, 2.05) is 18.2 Å². The molecule has 1 atom stereocenters. The van der Waals surface area contributed by atoms with Gasteiger partial charge in [0.2, 0.25) is 0 Å². The number of ether oxygens (including phenoxy) is 3. The highest BCUT2D eigenvalue weighted by Crippen LogP contribution is 2.44. The Morgan fingerprint density at radius 2 is 1.62 bits per heavy atom. The van der Waals surface area contributed by atoms with Crippen molar-refractivity contribution in [3.8, 4) is 40.5 Å². The number of likely N-dealkylation sites (tertiary alicyclic amines) is 1. The molecule has 0 spiro atoms. The SMILES string of the molecule is Cc1c(OCCCN2CCC(C)(F)CC2)cccc1-c1cccc2c1CC[C@@H]2Oc1cc(OCc2cc(C#N)cc(C#N)c2)c(CNC2CCCC2)cc1Cl. The van der Waals surface area contributed by atoms with Gasteiger partial charge in [0.05, 0.1) is 34.9 Å². The Balaban J connectivity index is 1.06. The summed E-state index contributed by atoms with van der Waals surface area (Å²) < 4.78 is 33.7. The van der Waals surface area contributed by atoms with Gasteiger partial charge in [-0.1, -0.05) is 54.8 Å². The van der Waals surface area contributed by atoms with Crippen LogP contribution in [0.15, 0.2) is 66.7 Å². The zero-order valence-electron chi connectivity index (χ0n) is 31.9. The second kappa shape index (κ2) is 17.5. The Kier molecular flexibility index (Phi) is 12.3. The van der Waals surface area contributed by atoms with E-state index in [0.717, 1.165) is 85.3 Å². The molecule has 0 unspecified atom stereocenters. The largest absolute Gasteiger partial charge is 0.493 e. The first-order chi connectivity index (χ1) is 26.7. The highest BCUT2D eigenvalue weighted by Gasteiger charge is 2.30. The molecule has 2 aliphatic carbocycles. The Labute approximate surface area is 330 Å². The molecule has 1 aliphatic heterocycles. The molecule has 3 aliphatic rings. The number of halogens is 2. The van der Waals surface area contributed by atoms with Gasteiger partial charge in [-0.05, 0) is 123 Å². The number of rotatable bonds is 14. The molecule has 286 valence electrons. The van der Waals surface area contributed by atoms with Crippen molar-refractivity contribution in [1.29, 1.82) is 10.5 Å². The average molecular weight is 761 g/mol. The van der Waals surface area contributed by atoms with Crippen LogP contribution in [0.1, 0.15) is 103 Å². The number of alkyl halides is 1. The molecule has 0 amide bonds. The lowest BCUT2D eigenvalue weighted by Gasteiger charge is -2.34. The normalized spacial score (nSPS) is 18.0. The molecule has 4 aromatic carbocycles. The first kappa shape index (κ1) is 38.7. The van der Waals surface area contributed by atoms with Crippen molar-refractivity contribution in [3.05, 3.63) is 111 Å². The first-order valence-electron chi connectivity index (χ1n) is 19.7. The van der Waals surface area contributed by atoms with Crippen molar-refractivity contribution in [2.45, 2.75) is 103 Å². The van der Waals surface area contributed by atoms with Gasteiger partial charge >= 0.3 is 0 Å². The molecule has 0 aromatic heterocycles. The lowest BCUT2D eigenvalue weighted by atomic mass is 9.93. The van der Waals surface area contributed by atoms with Crippen LogP contribution in [0.3, 0.4) is 0 Å². The zero-order valence-corrected chi connectivity index (χ0v) is 32.7. The topological polar surface area (TPSA) is 90.5 Å². The number of piperidine rings is 1.